The summed E-state index contributed by atoms with van der Waals surface area (Å²) in [6, 6.07) is 0. The molecule has 0 bridgehead atoms. The molecule has 410 valence electrons. The van der Waals surface area contributed by atoms with Gasteiger partial charge in [0.2, 0.25) is 96.2 Å². The molecule has 0 fully saturated rings. The van der Waals surface area contributed by atoms with Gasteiger partial charge in [-0.2, -0.15) is 0 Å². The second-order valence-electron chi connectivity index (χ2n) is 8.99. The van der Waals surface area contributed by atoms with Crippen LogP contribution in [0.25, 0.3) is 0 Å². The molecule has 0 spiro atoms. The van der Waals surface area contributed by atoms with Gasteiger partial charge in [0, 0.05) is 6.61 Å². The molecule has 0 saturated heterocycles. The summed E-state index contributed by atoms with van der Waals surface area (Å²) in [7, 11) is 0. The van der Waals surface area contributed by atoms with Crippen molar-refractivity contribution < 1.29 is 91.7 Å². The van der Waals surface area contributed by atoms with E-state index in [1.807, 2.05) is 0 Å². The molecule has 0 saturated carbocycles. The Morgan fingerprint density at radius 2 is 0.549 bits per heavy atom. The average molecular weight is 1030 g/mol. The molecule has 0 heterocycles. The monoisotopic (exact) mass is 1030 g/mol. The van der Waals surface area contributed by atoms with E-state index in [1.54, 1.807) is 0 Å². The predicted molar refractivity (Wildman–Crippen MR) is 244 cm³/mol. The van der Waals surface area contributed by atoms with Crippen LogP contribution in [-0.4, -0.2) is 145 Å². The Hall–Kier alpha value is -8.60. The van der Waals surface area contributed by atoms with Crippen molar-refractivity contribution in [3.05, 3.63) is 0 Å². The molecule has 0 aromatic carbocycles. The largest absolute Gasteiger partial charge is 0.389 e. The van der Waals surface area contributed by atoms with E-state index in [2.05, 4.69) is 12.2 Å². The van der Waals surface area contributed by atoms with Crippen LogP contribution in [0.4, 0.5) is 0 Å². The minimum atomic E-state index is -0.767. The van der Waals surface area contributed by atoms with Crippen LogP contribution in [0, 0.1) is 0 Å². The highest BCUT2D eigenvalue weighted by atomic mass is 16.5. The van der Waals surface area contributed by atoms with Crippen LogP contribution in [-0.2, 0) is 81.4 Å². The summed E-state index contributed by atoms with van der Waals surface area (Å²) >= 11 is 0. The predicted octanol–water partition coefficient (Wildman–Crippen LogP) is -4.65. The quantitative estimate of drug-likeness (QED) is 0.0855. The van der Waals surface area contributed by atoms with Crippen molar-refractivity contribution in [3.8, 4) is 0 Å². The Bertz CT molecular complexity index is 815. The van der Waals surface area contributed by atoms with Gasteiger partial charge < -0.3 is 14.9 Å². The van der Waals surface area contributed by atoms with E-state index in [0.717, 1.165) is 6.42 Å². The first kappa shape index (κ1) is 109. The summed E-state index contributed by atoms with van der Waals surface area (Å²) in [5.74, 6) is -0.601. The summed E-state index contributed by atoms with van der Waals surface area (Å²) < 4.78 is 5.38. The first-order valence-electron chi connectivity index (χ1n) is 18.6. The Labute approximate surface area is 414 Å². The summed E-state index contributed by atoms with van der Waals surface area (Å²) in [6.07, 6.45) is 17.9. The summed E-state index contributed by atoms with van der Waals surface area (Å²) in [6.45, 7) is 2.50. The number of aliphatic hydroxyl groups is 2. The minimum Gasteiger partial charge on any atom is -0.389 e. The van der Waals surface area contributed by atoms with E-state index in [0.29, 0.717) is 6.61 Å². The zero-order valence-electron chi connectivity index (χ0n) is 39.2. The average Bonchev–Trinajstić information content (AvgIpc) is 3.29. The van der Waals surface area contributed by atoms with E-state index >= 15 is 0 Å². The molecular weight excluding hydrogens is 960 g/mol. The molecule has 0 rings (SSSR count). The summed E-state index contributed by atoms with van der Waals surface area (Å²) in [5, 5.41) is 21.6. The lowest BCUT2D eigenvalue weighted by molar-refractivity contribution is -0.125. The fourth-order valence-corrected chi connectivity index (χ4v) is 2.93. The van der Waals surface area contributed by atoms with E-state index in [-0.39, 0.29) is 109 Å². The highest BCUT2D eigenvalue weighted by Gasteiger charge is 2.08. The third-order valence-electron chi connectivity index (χ3n) is 4.57. The number of unbranched alkanes of at least 4 members (excludes halogenated alkanes) is 13. The Balaban J connectivity index is -0.0000000392. The Morgan fingerprint density at radius 1 is 0.380 bits per heavy atom. The molecule has 35 nitrogen and oxygen atoms in total. The molecule has 35 heteroatoms. The molecule has 0 aliphatic rings. The van der Waals surface area contributed by atoms with Gasteiger partial charge in [-0.05, 0) is 6.42 Å². The molecule has 0 aromatic rings. The van der Waals surface area contributed by atoms with Gasteiger partial charge in [-0.3, -0.25) is 163 Å². The van der Waals surface area contributed by atoms with E-state index in [4.69, 9.17) is 168 Å². The van der Waals surface area contributed by atoms with Gasteiger partial charge in [-0.25, -0.2) is 5.32 Å². The van der Waals surface area contributed by atoms with Crippen LogP contribution < -0.4 is 91.3 Å². The van der Waals surface area contributed by atoms with Crippen LogP contribution >= 0.6 is 0 Å². The summed E-state index contributed by atoms with van der Waals surface area (Å²) in [4.78, 5) is 138. The number of amides is 16. The van der Waals surface area contributed by atoms with Gasteiger partial charge in [0.15, 0.2) is 0 Å². The van der Waals surface area contributed by atoms with Crippen LogP contribution in [0.1, 0.15) is 96.8 Å². The number of nitrogens with one attached hydrogen (secondary N) is 15. The Morgan fingerprint density at radius 3 is 0.718 bits per heavy atom. The van der Waals surface area contributed by atoms with Gasteiger partial charge in [-0.15, -0.1) is 0 Å². The van der Waals surface area contributed by atoms with E-state index in [9.17, 15) is 9.90 Å². The highest BCUT2D eigenvalue weighted by Crippen LogP contribution is 2.12. The lowest BCUT2D eigenvalue weighted by atomic mass is 10.0. The fourth-order valence-electron chi connectivity index (χ4n) is 2.93. The Kier molecular flexibility index (Phi) is 328. The van der Waals surface area contributed by atoms with Crippen molar-refractivity contribution in [3.63, 3.8) is 0 Å². The van der Waals surface area contributed by atoms with Gasteiger partial charge in [0.25, 0.3) is 5.91 Å². The molecule has 1 atom stereocenters. The standard InChI is InChI=1S/C21H42NO4.15CH2NO/c1-2-3-4-5-6-7-8-9-10-11-12-13-14-15-16-26-19-20(24)17-22-21(25)18-23;15*2-1-3/h20,23-24H,2-19H2,1H3;15*1-2H. The van der Waals surface area contributed by atoms with Crippen molar-refractivity contribution in [2.75, 3.05) is 26.4 Å². The molecule has 16 radical (unpaired) electrons. The van der Waals surface area contributed by atoms with Crippen LogP contribution in [0.5, 0.6) is 0 Å². The normalized spacial score (nSPS) is 7.03. The maximum atomic E-state index is 10.8. The maximum absolute atomic E-state index is 10.8. The molecule has 0 aliphatic carbocycles. The second kappa shape index (κ2) is 213. The first-order valence-corrected chi connectivity index (χ1v) is 18.6. The number of nitrogens with zero attached hydrogens (tertiary/aromatic N) is 1. The maximum Gasteiger partial charge on any atom is 0.266 e. The smallest absolute Gasteiger partial charge is 0.266 e. The minimum absolute atomic E-state index is 0. The van der Waals surface area contributed by atoms with Crippen LogP contribution in [0.3, 0.4) is 0 Å². The molecule has 1 unspecified atom stereocenters. The topological polar surface area (TPSA) is 694 Å². The van der Waals surface area contributed by atoms with Gasteiger partial charge in [-0.1, -0.05) is 90.4 Å². The fraction of sp³-hybridized carbons (Fsp3) is 0.556. The van der Waals surface area contributed by atoms with E-state index in [1.165, 1.54) is 83.5 Å². The molecule has 71 heavy (non-hydrogen) atoms. The molecule has 16 amide bonds. The van der Waals surface area contributed by atoms with Crippen LogP contribution in [0.2, 0.25) is 0 Å². The number of carbonyl (C=O) groups excluding carboxylic acids is 16. The van der Waals surface area contributed by atoms with Gasteiger partial charge in [0.1, 0.15) is 6.61 Å². The van der Waals surface area contributed by atoms with E-state index < -0.39 is 18.6 Å². The zero-order valence-corrected chi connectivity index (χ0v) is 39.2. The number of aliphatic hydroxyl groups excluding tert-OH is 2. The third kappa shape index (κ3) is 805. The van der Waals surface area contributed by atoms with Crippen molar-refractivity contribution in [2.45, 2.75) is 103 Å². The first-order chi connectivity index (χ1) is 33.9. The number of hydrogen-bond acceptors (Lipinski definition) is 19. The SMILES string of the molecule is CCCCCCCCCCCCCCCCOCC(O)C[N]C(=O)CO.[NH]C=O.[NH]C=O.[NH]C=O.[NH]C=O.[NH]C=O.[NH]C=O.[NH]C=O.[NH]C=O.[NH]C=O.[NH]C=O.[NH]C=O.[NH]C=O.[NH]C=O.[NH]C=O.[NH]C=O. The number of ether oxygens (including phenoxy) is 1. The number of carbonyl (C=O) groups is 16. The summed E-state index contributed by atoms with van der Waals surface area (Å²) in [5.41, 5.74) is 82.9. The van der Waals surface area contributed by atoms with Crippen molar-refractivity contribution in [2.24, 2.45) is 0 Å². The molecule has 0 aliphatic heterocycles. The lowest BCUT2D eigenvalue weighted by Crippen LogP contribution is -2.31. The second-order valence-corrected chi connectivity index (χ2v) is 8.99. The number of rotatable bonds is 20. The van der Waals surface area contributed by atoms with Crippen molar-refractivity contribution in [1.82, 2.24) is 91.3 Å². The zero-order chi connectivity index (χ0) is 59.9. The van der Waals surface area contributed by atoms with Gasteiger partial charge >= 0.3 is 0 Å². The highest BCUT2D eigenvalue weighted by molar-refractivity contribution is 5.76. The van der Waals surface area contributed by atoms with Crippen molar-refractivity contribution >= 4 is 102 Å². The number of hydrogen-bond donors (Lipinski definition) is 2. The van der Waals surface area contributed by atoms with Crippen LogP contribution in [0.15, 0.2) is 0 Å². The third-order valence-corrected chi connectivity index (χ3v) is 4.57. The molecular formula is C36H72N16O19. The van der Waals surface area contributed by atoms with Crippen molar-refractivity contribution in [1.29, 1.82) is 0 Å². The molecule has 17 N–H and O–H groups in total. The van der Waals surface area contributed by atoms with Gasteiger partial charge in [0.05, 0.1) is 19.3 Å². The molecule has 0 aromatic heterocycles. The lowest BCUT2D eigenvalue weighted by Gasteiger charge is -2.10.